The first-order chi connectivity index (χ1) is 7.20. The molecule has 0 spiro atoms. The number of esters is 1. The normalized spacial score (nSPS) is 11.3. The first-order valence-corrected chi connectivity index (χ1v) is 4.98. The summed E-state index contributed by atoms with van der Waals surface area (Å²) in [6, 6.07) is 1.61. The van der Waals surface area contributed by atoms with Gasteiger partial charge in [0.25, 0.3) is 0 Å². The Balaban J connectivity index is 3.09. The van der Waals surface area contributed by atoms with Gasteiger partial charge in [-0.25, -0.2) is 9.18 Å². The standard InChI is InChI=1S/C11H11ClFO3/c1-11(2,3)16-10(15)7-4-6(13)5-8(14)9(7)12/h4-5H,1-3H3. The lowest BCUT2D eigenvalue weighted by Gasteiger charge is -2.19. The zero-order valence-electron chi connectivity index (χ0n) is 9.14. The van der Waals surface area contributed by atoms with Crippen LogP contribution in [0.2, 0.25) is 5.02 Å². The number of rotatable bonds is 1. The zero-order valence-corrected chi connectivity index (χ0v) is 9.89. The summed E-state index contributed by atoms with van der Waals surface area (Å²) >= 11 is 5.61. The fraction of sp³-hybridized carbons (Fsp3) is 0.364. The van der Waals surface area contributed by atoms with E-state index in [1.807, 2.05) is 0 Å². The molecule has 87 valence electrons. The van der Waals surface area contributed by atoms with Crippen molar-refractivity contribution in [1.82, 2.24) is 0 Å². The average Bonchev–Trinajstić information content (AvgIpc) is 2.08. The Morgan fingerprint density at radius 2 is 1.94 bits per heavy atom. The Hall–Kier alpha value is -1.29. The van der Waals surface area contributed by atoms with Crippen LogP contribution in [0.1, 0.15) is 31.1 Å². The van der Waals surface area contributed by atoms with Crippen LogP contribution in [-0.2, 0) is 9.84 Å². The smallest absolute Gasteiger partial charge is 0.340 e. The van der Waals surface area contributed by atoms with E-state index in [9.17, 15) is 14.3 Å². The van der Waals surface area contributed by atoms with Gasteiger partial charge in [-0.05, 0) is 26.8 Å². The Labute approximate surface area is 97.8 Å². The van der Waals surface area contributed by atoms with Crippen LogP contribution in [0.5, 0.6) is 5.75 Å². The summed E-state index contributed by atoms with van der Waals surface area (Å²) < 4.78 is 17.9. The molecule has 0 amide bonds. The molecule has 0 N–H and O–H groups in total. The number of carbonyl (C=O) groups is 1. The van der Waals surface area contributed by atoms with Gasteiger partial charge in [0.15, 0.2) is 0 Å². The van der Waals surface area contributed by atoms with Crippen molar-refractivity contribution in [2.75, 3.05) is 0 Å². The number of halogens is 2. The average molecular weight is 246 g/mol. The molecule has 1 radical (unpaired) electrons. The van der Waals surface area contributed by atoms with Crippen molar-refractivity contribution < 1.29 is 19.0 Å². The molecule has 1 rings (SSSR count). The van der Waals surface area contributed by atoms with Gasteiger partial charge < -0.3 is 4.74 Å². The maximum Gasteiger partial charge on any atom is 0.340 e. The van der Waals surface area contributed by atoms with Crippen molar-refractivity contribution in [3.05, 3.63) is 28.5 Å². The lowest BCUT2D eigenvalue weighted by Crippen LogP contribution is -2.24. The van der Waals surface area contributed by atoms with E-state index in [0.29, 0.717) is 0 Å². The number of ether oxygens (including phenoxy) is 1. The molecule has 0 saturated heterocycles. The Morgan fingerprint density at radius 1 is 1.38 bits per heavy atom. The SMILES string of the molecule is CC(C)(C)OC(=O)c1cc(F)cc([O])c1Cl. The molecule has 0 aliphatic carbocycles. The van der Waals surface area contributed by atoms with Crippen LogP contribution in [0.25, 0.3) is 0 Å². The fourth-order valence-corrected chi connectivity index (χ4v) is 1.23. The largest absolute Gasteiger partial charge is 0.456 e. The number of hydrogen-bond acceptors (Lipinski definition) is 2. The van der Waals surface area contributed by atoms with E-state index in [2.05, 4.69) is 0 Å². The lowest BCUT2D eigenvalue weighted by atomic mass is 10.1. The Bertz CT molecular complexity index is 424. The van der Waals surface area contributed by atoms with Gasteiger partial charge in [0.05, 0.1) is 5.56 Å². The number of benzene rings is 1. The van der Waals surface area contributed by atoms with Gasteiger partial charge >= 0.3 is 5.97 Å². The van der Waals surface area contributed by atoms with E-state index < -0.39 is 23.1 Å². The molecular formula is C11H11ClFO3. The van der Waals surface area contributed by atoms with E-state index in [1.165, 1.54) is 0 Å². The summed E-state index contributed by atoms with van der Waals surface area (Å²) in [7, 11) is 0. The third kappa shape index (κ3) is 3.10. The molecule has 0 aromatic heterocycles. The topological polar surface area (TPSA) is 46.2 Å². The van der Waals surface area contributed by atoms with Crippen LogP contribution in [0.3, 0.4) is 0 Å². The summed E-state index contributed by atoms with van der Waals surface area (Å²) in [6.45, 7) is 4.99. The molecule has 0 saturated carbocycles. The predicted molar refractivity (Wildman–Crippen MR) is 56.7 cm³/mol. The third-order valence-electron chi connectivity index (χ3n) is 1.62. The van der Waals surface area contributed by atoms with Gasteiger partial charge in [0, 0.05) is 6.07 Å². The van der Waals surface area contributed by atoms with E-state index in [-0.39, 0.29) is 10.6 Å². The van der Waals surface area contributed by atoms with Crippen molar-refractivity contribution in [2.24, 2.45) is 0 Å². The minimum Gasteiger partial charge on any atom is -0.456 e. The fourth-order valence-electron chi connectivity index (χ4n) is 1.05. The minimum atomic E-state index is -0.811. The van der Waals surface area contributed by atoms with E-state index in [0.717, 1.165) is 12.1 Å². The second kappa shape index (κ2) is 4.29. The molecule has 0 atom stereocenters. The summed E-state index contributed by atoms with van der Waals surface area (Å²) in [5, 5.41) is 10.8. The van der Waals surface area contributed by atoms with Crippen molar-refractivity contribution in [1.29, 1.82) is 0 Å². The zero-order chi connectivity index (χ0) is 12.5. The summed E-state index contributed by atoms with van der Waals surface area (Å²) in [5.74, 6) is -2.35. The second-order valence-corrected chi connectivity index (χ2v) is 4.65. The molecule has 0 unspecified atom stereocenters. The molecule has 1 aromatic rings. The number of hydrogen-bond donors (Lipinski definition) is 0. The van der Waals surface area contributed by atoms with Crippen molar-refractivity contribution in [3.8, 4) is 5.75 Å². The maximum absolute atomic E-state index is 12.9. The van der Waals surface area contributed by atoms with Crippen LogP contribution in [0.4, 0.5) is 4.39 Å². The molecule has 3 nitrogen and oxygen atoms in total. The highest BCUT2D eigenvalue weighted by Gasteiger charge is 2.22. The molecule has 0 heterocycles. The summed E-state index contributed by atoms with van der Waals surface area (Å²) in [4.78, 5) is 11.6. The molecule has 0 bridgehead atoms. The Kier molecular flexibility index (Phi) is 3.43. The molecule has 0 aliphatic rings. The molecule has 1 aromatic carbocycles. The van der Waals surface area contributed by atoms with Gasteiger partial charge in [-0.2, -0.15) is 0 Å². The third-order valence-corrected chi connectivity index (χ3v) is 2.01. The number of carbonyl (C=O) groups excluding carboxylic acids is 1. The van der Waals surface area contributed by atoms with Crippen LogP contribution in [0.15, 0.2) is 12.1 Å². The van der Waals surface area contributed by atoms with Crippen molar-refractivity contribution in [3.63, 3.8) is 0 Å². The first-order valence-electron chi connectivity index (χ1n) is 4.60. The molecule has 0 fully saturated rings. The quantitative estimate of drug-likeness (QED) is 0.710. The Morgan fingerprint density at radius 3 is 2.44 bits per heavy atom. The molecule has 0 aliphatic heterocycles. The lowest BCUT2D eigenvalue weighted by molar-refractivity contribution is 0.00686. The van der Waals surface area contributed by atoms with Crippen molar-refractivity contribution in [2.45, 2.75) is 26.4 Å². The molecule has 16 heavy (non-hydrogen) atoms. The minimum absolute atomic E-state index is 0.249. The van der Waals surface area contributed by atoms with E-state index in [1.54, 1.807) is 20.8 Å². The van der Waals surface area contributed by atoms with Gasteiger partial charge in [-0.15, -0.1) is 0 Å². The summed E-state index contributed by atoms with van der Waals surface area (Å²) in [5.41, 5.74) is -0.975. The van der Waals surface area contributed by atoms with Gasteiger partial charge in [0.2, 0.25) is 5.75 Å². The molecular weight excluding hydrogens is 235 g/mol. The highest BCUT2D eigenvalue weighted by molar-refractivity contribution is 6.35. The van der Waals surface area contributed by atoms with Crippen LogP contribution >= 0.6 is 11.6 Å². The predicted octanol–water partition coefficient (Wildman–Crippen LogP) is 3.58. The van der Waals surface area contributed by atoms with E-state index >= 15 is 0 Å². The monoisotopic (exact) mass is 245 g/mol. The maximum atomic E-state index is 12.9. The van der Waals surface area contributed by atoms with Crippen molar-refractivity contribution >= 4 is 17.6 Å². The highest BCUT2D eigenvalue weighted by atomic mass is 35.5. The highest BCUT2D eigenvalue weighted by Crippen LogP contribution is 2.30. The molecule has 5 heteroatoms. The van der Waals surface area contributed by atoms with Gasteiger partial charge in [-0.3, -0.25) is 5.11 Å². The second-order valence-electron chi connectivity index (χ2n) is 4.27. The van der Waals surface area contributed by atoms with Gasteiger partial charge in [-0.1, -0.05) is 11.6 Å². The van der Waals surface area contributed by atoms with Crippen LogP contribution in [0, 0.1) is 5.82 Å². The van der Waals surface area contributed by atoms with Crippen LogP contribution < -0.4 is 0 Å². The van der Waals surface area contributed by atoms with Crippen LogP contribution in [-0.4, -0.2) is 11.6 Å². The van der Waals surface area contributed by atoms with Gasteiger partial charge in [0.1, 0.15) is 16.4 Å². The van der Waals surface area contributed by atoms with E-state index in [4.69, 9.17) is 16.3 Å². The first kappa shape index (κ1) is 12.8. The summed E-state index contributed by atoms with van der Waals surface area (Å²) in [6.07, 6.45) is 0.